The van der Waals surface area contributed by atoms with E-state index in [4.69, 9.17) is 33.0 Å². The Morgan fingerprint density at radius 2 is 1.69 bits per heavy atom. The summed E-state index contributed by atoms with van der Waals surface area (Å²) in [5.74, 6) is -1.28. The number of hydrogen-bond acceptors (Lipinski definition) is 5. The molecule has 0 fully saturated rings. The van der Waals surface area contributed by atoms with E-state index in [1.54, 1.807) is 12.1 Å². The molecule has 3 rings (SSSR count). The number of ether oxygens (including phenoxy) is 1. The van der Waals surface area contributed by atoms with Crippen molar-refractivity contribution in [2.24, 2.45) is 0 Å². The van der Waals surface area contributed by atoms with Crippen LogP contribution in [0.3, 0.4) is 0 Å². The van der Waals surface area contributed by atoms with Crippen molar-refractivity contribution < 1.29 is 23.1 Å². The monoisotopic (exact) mass is 491 g/mol. The predicted molar refractivity (Wildman–Crippen MR) is 124 cm³/mol. The van der Waals surface area contributed by atoms with Gasteiger partial charge in [-0.15, -0.1) is 0 Å². The van der Waals surface area contributed by atoms with Crippen LogP contribution in [-0.2, 0) is 26.8 Å². The summed E-state index contributed by atoms with van der Waals surface area (Å²) in [6.45, 7) is 0.340. The van der Waals surface area contributed by atoms with Crippen LogP contribution in [0.2, 0.25) is 10.0 Å². The highest BCUT2D eigenvalue weighted by atomic mass is 35.5. The standard InChI is InChI=1S/C23H19Cl2NO5S/c24-18-7-4-8-19(25)23(18)32(29,30)15-17-9-11-21(20(26-17)10-12-22(27)28)31-14-13-16-5-2-1-3-6-16/h1-12H,13-15H2,(H,27,28). The zero-order valence-corrected chi connectivity index (χ0v) is 19.1. The van der Waals surface area contributed by atoms with Crippen molar-refractivity contribution in [1.29, 1.82) is 0 Å². The fraction of sp³-hybridized carbons (Fsp3) is 0.130. The molecule has 0 radical (unpaired) electrons. The first-order chi connectivity index (χ1) is 15.3. The summed E-state index contributed by atoms with van der Waals surface area (Å²) in [5.41, 5.74) is 1.49. The van der Waals surface area contributed by atoms with Gasteiger partial charge in [-0.05, 0) is 35.9 Å². The SMILES string of the molecule is O=C(O)C=Cc1nc(CS(=O)(=O)c2c(Cl)cccc2Cl)ccc1OCCc1ccccc1. The first kappa shape index (κ1) is 23.8. The van der Waals surface area contributed by atoms with E-state index in [2.05, 4.69) is 4.98 Å². The number of aliphatic carboxylic acids is 1. The molecule has 6 nitrogen and oxygen atoms in total. The number of carbonyl (C=O) groups is 1. The van der Waals surface area contributed by atoms with E-state index in [9.17, 15) is 13.2 Å². The van der Waals surface area contributed by atoms with Crippen LogP contribution in [0.1, 0.15) is 17.0 Å². The van der Waals surface area contributed by atoms with Crippen LogP contribution in [0.25, 0.3) is 6.08 Å². The van der Waals surface area contributed by atoms with E-state index in [1.165, 1.54) is 24.3 Å². The third-order valence-corrected chi connectivity index (χ3v) is 6.98. The van der Waals surface area contributed by atoms with E-state index >= 15 is 0 Å². The molecule has 32 heavy (non-hydrogen) atoms. The second-order valence-electron chi connectivity index (χ2n) is 6.75. The first-order valence-corrected chi connectivity index (χ1v) is 11.9. The number of benzene rings is 2. The van der Waals surface area contributed by atoms with Gasteiger partial charge in [-0.3, -0.25) is 0 Å². The number of rotatable bonds is 9. The lowest BCUT2D eigenvalue weighted by Gasteiger charge is -2.12. The van der Waals surface area contributed by atoms with Crippen LogP contribution in [0, 0.1) is 0 Å². The van der Waals surface area contributed by atoms with Gasteiger partial charge in [0.05, 0.1) is 28.1 Å². The molecule has 0 amide bonds. The number of aromatic nitrogens is 1. The van der Waals surface area contributed by atoms with E-state index < -0.39 is 21.6 Å². The highest BCUT2D eigenvalue weighted by Crippen LogP contribution is 2.31. The summed E-state index contributed by atoms with van der Waals surface area (Å²) in [6, 6.07) is 17.2. The zero-order valence-electron chi connectivity index (χ0n) is 16.7. The van der Waals surface area contributed by atoms with Gasteiger partial charge in [0.2, 0.25) is 0 Å². The quantitative estimate of drug-likeness (QED) is 0.419. The van der Waals surface area contributed by atoms with E-state index in [0.29, 0.717) is 18.8 Å². The lowest BCUT2D eigenvalue weighted by molar-refractivity contribution is -0.131. The number of carboxylic acid groups (broad SMARTS) is 1. The third kappa shape index (κ3) is 6.32. The summed E-state index contributed by atoms with van der Waals surface area (Å²) in [4.78, 5) is 15.1. The Hall–Kier alpha value is -2.87. The first-order valence-electron chi connectivity index (χ1n) is 9.51. The highest BCUT2D eigenvalue weighted by Gasteiger charge is 2.23. The molecule has 0 saturated carbocycles. The molecule has 0 aliphatic rings. The van der Waals surface area contributed by atoms with Crippen molar-refractivity contribution >= 4 is 45.1 Å². The van der Waals surface area contributed by atoms with Gasteiger partial charge in [0.1, 0.15) is 16.3 Å². The molecule has 0 spiro atoms. The number of halogens is 2. The summed E-state index contributed by atoms with van der Waals surface area (Å²) in [5, 5.41) is 9.01. The van der Waals surface area contributed by atoms with Crippen LogP contribution in [0.15, 0.2) is 71.6 Å². The van der Waals surface area contributed by atoms with Crippen LogP contribution in [-0.4, -0.2) is 31.1 Å². The summed E-state index contributed by atoms with van der Waals surface area (Å²) in [6.07, 6.45) is 2.82. The van der Waals surface area contributed by atoms with Crippen LogP contribution < -0.4 is 4.74 Å². The molecular weight excluding hydrogens is 473 g/mol. The summed E-state index contributed by atoms with van der Waals surface area (Å²) in [7, 11) is -3.90. The van der Waals surface area contributed by atoms with Crippen LogP contribution >= 0.6 is 23.2 Å². The van der Waals surface area contributed by atoms with Crippen molar-refractivity contribution in [2.75, 3.05) is 6.61 Å². The molecule has 3 aromatic rings. The van der Waals surface area contributed by atoms with E-state index in [0.717, 1.165) is 11.6 Å². The number of pyridine rings is 1. The zero-order chi connectivity index (χ0) is 23.1. The Morgan fingerprint density at radius 1 is 1.00 bits per heavy atom. The van der Waals surface area contributed by atoms with Crippen molar-refractivity contribution in [2.45, 2.75) is 17.1 Å². The van der Waals surface area contributed by atoms with Gasteiger partial charge >= 0.3 is 5.97 Å². The minimum Gasteiger partial charge on any atom is -0.491 e. The Labute approximate surface area is 196 Å². The van der Waals surface area contributed by atoms with Gasteiger partial charge in [-0.2, -0.15) is 0 Å². The van der Waals surface area contributed by atoms with E-state index in [-0.39, 0.29) is 26.3 Å². The lowest BCUT2D eigenvalue weighted by Crippen LogP contribution is -2.09. The molecule has 0 unspecified atom stereocenters. The average molecular weight is 492 g/mol. The summed E-state index contributed by atoms with van der Waals surface area (Å²) < 4.78 is 31.5. The molecule has 0 saturated heterocycles. The van der Waals surface area contributed by atoms with Gasteiger partial charge in [0.25, 0.3) is 0 Å². The molecule has 0 bridgehead atoms. The Kier molecular flexibility index (Phi) is 7.90. The predicted octanol–water partition coefficient (Wildman–Crippen LogP) is 5.08. The normalized spacial score (nSPS) is 11.6. The molecule has 9 heteroatoms. The molecule has 1 N–H and O–H groups in total. The second-order valence-corrected chi connectivity index (χ2v) is 9.49. The number of sulfone groups is 1. The molecule has 0 aliphatic carbocycles. The lowest BCUT2D eigenvalue weighted by atomic mass is 10.2. The maximum atomic E-state index is 12.9. The molecule has 0 aliphatic heterocycles. The third-order valence-electron chi connectivity index (χ3n) is 4.39. The van der Waals surface area contributed by atoms with Gasteiger partial charge in [-0.25, -0.2) is 18.2 Å². The molecule has 1 aromatic heterocycles. The number of hydrogen-bond donors (Lipinski definition) is 1. The number of carboxylic acids is 1. The fourth-order valence-electron chi connectivity index (χ4n) is 2.95. The average Bonchev–Trinajstić information content (AvgIpc) is 2.73. The van der Waals surface area contributed by atoms with Gasteiger partial charge in [0.15, 0.2) is 9.84 Å². The number of nitrogens with zero attached hydrogens (tertiary/aromatic N) is 1. The molecular formula is C23H19Cl2NO5S. The smallest absolute Gasteiger partial charge is 0.328 e. The van der Waals surface area contributed by atoms with Crippen molar-refractivity contribution in [3.8, 4) is 5.75 Å². The second kappa shape index (κ2) is 10.6. The molecule has 2 aromatic carbocycles. The van der Waals surface area contributed by atoms with Crippen molar-refractivity contribution in [3.05, 3.63) is 93.7 Å². The maximum Gasteiger partial charge on any atom is 0.328 e. The molecule has 0 atom stereocenters. The van der Waals surface area contributed by atoms with E-state index in [1.807, 2.05) is 30.3 Å². The van der Waals surface area contributed by atoms with Crippen molar-refractivity contribution in [1.82, 2.24) is 4.98 Å². The summed E-state index contributed by atoms with van der Waals surface area (Å²) >= 11 is 12.1. The Morgan fingerprint density at radius 3 is 2.34 bits per heavy atom. The minimum atomic E-state index is -3.90. The fourth-order valence-corrected chi connectivity index (χ4v) is 5.47. The Balaban J connectivity index is 1.84. The highest BCUT2D eigenvalue weighted by molar-refractivity contribution is 7.90. The maximum absolute atomic E-state index is 12.9. The van der Waals surface area contributed by atoms with Crippen molar-refractivity contribution in [3.63, 3.8) is 0 Å². The molecule has 1 heterocycles. The van der Waals surface area contributed by atoms with Crippen LogP contribution in [0.4, 0.5) is 0 Å². The van der Waals surface area contributed by atoms with Gasteiger partial charge in [0, 0.05) is 12.5 Å². The topological polar surface area (TPSA) is 93.6 Å². The van der Waals surface area contributed by atoms with Gasteiger partial charge in [-0.1, -0.05) is 59.6 Å². The molecule has 166 valence electrons. The minimum absolute atomic E-state index is 0.0179. The largest absolute Gasteiger partial charge is 0.491 e. The Bertz CT molecular complexity index is 1220. The van der Waals surface area contributed by atoms with Gasteiger partial charge < -0.3 is 9.84 Å². The van der Waals surface area contributed by atoms with Crippen LogP contribution in [0.5, 0.6) is 5.75 Å².